The van der Waals surface area contributed by atoms with Crippen molar-refractivity contribution >= 4 is 26.8 Å². The lowest BCUT2D eigenvalue weighted by atomic mass is 9.93. The molecule has 0 radical (unpaired) electrons. The molecule has 2 aromatic rings. The number of nitriles is 1. The fraction of sp³-hybridized carbons (Fsp3) is 0.400. The molecule has 0 atom stereocenters. The van der Waals surface area contributed by atoms with Gasteiger partial charge in [0.05, 0.1) is 22.7 Å². The second-order valence-corrected chi connectivity index (χ2v) is 6.37. The third-order valence-electron chi connectivity index (χ3n) is 3.76. The van der Waals surface area contributed by atoms with E-state index in [1.54, 1.807) is 6.33 Å². The van der Waals surface area contributed by atoms with Gasteiger partial charge in [-0.2, -0.15) is 5.26 Å². The number of halogens is 1. The Hall–Kier alpha value is -1.47. The van der Waals surface area contributed by atoms with Crippen LogP contribution in [-0.4, -0.2) is 9.97 Å². The van der Waals surface area contributed by atoms with Crippen molar-refractivity contribution in [2.75, 3.05) is 0 Å². The summed E-state index contributed by atoms with van der Waals surface area (Å²) in [6, 6.07) is 6.55. The molecule has 1 fully saturated rings. The van der Waals surface area contributed by atoms with Crippen LogP contribution in [-0.2, 0) is 5.41 Å². The molecule has 1 aromatic carbocycles. The van der Waals surface area contributed by atoms with Crippen LogP contribution in [0.3, 0.4) is 0 Å². The molecule has 3 rings (SSSR count). The Bertz CT molecular complexity index is 696. The summed E-state index contributed by atoms with van der Waals surface area (Å²) in [5, 5.41) is 10.5. The van der Waals surface area contributed by atoms with Crippen LogP contribution in [0.5, 0.6) is 0 Å². The summed E-state index contributed by atoms with van der Waals surface area (Å²) in [6.45, 7) is 4.25. The molecule has 0 unspecified atom stereocenters. The molecule has 1 aromatic heterocycles. The number of fused-ring (bicyclic) bond motifs is 1. The highest BCUT2D eigenvalue weighted by Gasteiger charge is 2.46. The Labute approximate surface area is 120 Å². The summed E-state index contributed by atoms with van der Waals surface area (Å²) >= 11 is 3.55. The van der Waals surface area contributed by atoms with Gasteiger partial charge in [-0.25, -0.2) is 9.97 Å². The molecular formula is C15H14BrN3. The summed E-state index contributed by atoms with van der Waals surface area (Å²) in [6.07, 6.45) is 3.47. The van der Waals surface area contributed by atoms with Gasteiger partial charge in [-0.05, 0) is 36.5 Å². The van der Waals surface area contributed by atoms with Gasteiger partial charge in [0.2, 0.25) is 0 Å². The first-order valence-corrected chi connectivity index (χ1v) is 7.22. The van der Waals surface area contributed by atoms with Crippen LogP contribution in [0.25, 0.3) is 10.9 Å². The van der Waals surface area contributed by atoms with Crippen LogP contribution in [0.15, 0.2) is 22.9 Å². The summed E-state index contributed by atoms with van der Waals surface area (Å²) in [5.74, 6) is 0.338. The van der Waals surface area contributed by atoms with Crippen molar-refractivity contribution in [3.63, 3.8) is 0 Å². The molecule has 0 amide bonds. The molecule has 0 bridgehead atoms. The van der Waals surface area contributed by atoms with Crippen LogP contribution in [0, 0.1) is 11.3 Å². The molecule has 0 saturated heterocycles. The molecule has 1 heterocycles. The molecule has 1 aliphatic rings. The Morgan fingerprint density at radius 1 is 1.32 bits per heavy atom. The van der Waals surface area contributed by atoms with Crippen LogP contribution >= 0.6 is 15.9 Å². The summed E-state index contributed by atoms with van der Waals surface area (Å²) in [5.41, 5.74) is 2.69. The SMILES string of the molecule is CC(C)c1ncnc2c(C3(C#N)CC3)cc(Br)cc12. The van der Waals surface area contributed by atoms with E-state index >= 15 is 0 Å². The van der Waals surface area contributed by atoms with Crippen LogP contribution in [0.1, 0.15) is 43.9 Å². The molecule has 1 saturated carbocycles. The van der Waals surface area contributed by atoms with E-state index in [1.165, 1.54) is 0 Å². The maximum absolute atomic E-state index is 9.43. The molecule has 0 N–H and O–H groups in total. The van der Waals surface area contributed by atoms with E-state index in [0.29, 0.717) is 5.92 Å². The van der Waals surface area contributed by atoms with Crippen molar-refractivity contribution in [3.05, 3.63) is 34.2 Å². The third kappa shape index (κ3) is 1.93. The first kappa shape index (κ1) is 12.6. The highest BCUT2D eigenvalue weighted by atomic mass is 79.9. The standard InChI is InChI=1S/C15H14BrN3/c1-9(2)13-11-5-10(16)6-12(14(11)19-8-18-13)15(7-17)3-4-15/h5-6,8-9H,3-4H2,1-2H3. The maximum Gasteiger partial charge on any atom is 0.116 e. The fourth-order valence-corrected chi connectivity index (χ4v) is 3.00. The predicted molar refractivity (Wildman–Crippen MR) is 77.9 cm³/mol. The number of hydrogen-bond acceptors (Lipinski definition) is 3. The van der Waals surface area contributed by atoms with Gasteiger partial charge >= 0.3 is 0 Å². The van der Waals surface area contributed by atoms with Crippen molar-refractivity contribution in [2.24, 2.45) is 0 Å². The molecule has 19 heavy (non-hydrogen) atoms. The summed E-state index contributed by atoms with van der Waals surface area (Å²) in [4.78, 5) is 8.84. The monoisotopic (exact) mass is 315 g/mol. The van der Waals surface area contributed by atoms with Gasteiger partial charge in [-0.15, -0.1) is 0 Å². The average molecular weight is 316 g/mol. The van der Waals surface area contributed by atoms with Crippen molar-refractivity contribution in [3.8, 4) is 6.07 Å². The Morgan fingerprint density at radius 3 is 2.63 bits per heavy atom. The van der Waals surface area contributed by atoms with Crippen LogP contribution < -0.4 is 0 Å². The van der Waals surface area contributed by atoms with E-state index in [9.17, 15) is 5.26 Å². The lowest BCUT2D eigenvalue weighted by Gasteiger charge is -2.14. The first-order chi connectivity index (χ1) is 9.07. The van der Waals surface area contributed by atoms with Crippen LogP contribution in [0.2, 0.25) is 0 Å². The van der Waals surface area contributed by atoms with Gasteiger partial charge < -0.3 is 0 Å². The second-order valence-electron chi connectivity index (χ2n) is 5.46. The smallest absolute Gasteiger partial charge is 0.116 e. The van der Waals surface area contributed by atoms with Gasteiger partial charge in [-0.1, -0.05) is 29.8 Å². The zero-order chi connectivity index (χ0) is 13.6. The van der Waals surface area contributed by atoms with Crippen molar-refractivity contribution in [1.82, 2.24) is 9.97 Å². The minimum atomic E-state index is -0.329. The maximum atomic E-state index is 9.43. The largest absolute Gasteiger partial charge is 0.240 e. The minimum absolute atomic E-state index is 0.329. The van der Waals surface area contributed by atoms with E-state index in [2.05, 4.69) is 51.9 Å². The zero-order valence-corrected chi connectivity index (χ0v) is 12.5. The third-order valence-corrected chi connectivity index (χ3v) is 4.22. The normalized spacial score (nSPS) is 16.6. The van der Waals surface area contributed by atoms with Gasteiger partial charge in [0.15, 0.2) is 0 Å². The molecule has 0 spiro atoms. The lowest BCUT2D eigenvalue weighted by Crippen LogP contribution is -2.06. The van der Waals surface area contributed by atoms with E-state index in [4.69, 9.17) is 0 Å². The highest BCUT2D eigenvalue weighted by Crippen LogP contribution is 2.50. The number of aromatic nitrogens is 2. The van der Waals surface area contributed by atoms with Crippen molar-refractivity contribution < 1.29 is 0 Å². The van der Waals surface area contributed by atoms with E-state index in [0.717, 1.165) is 39.5 Å². The molecule has 1 aliphatic carbocycles. The summed E-state index contributed by atoms with van der Waals surface area (Å²) < 4.78 is 0.994. The molecular weight excluding hydrogens is 302 g/mol. The van der Waals surface area contributed by atoms with Gasteiger partial charge in [0.25, 0.3) is 0 Å². The van der Waals surface area contributed by atoms with E-state index in [1.807, 2.05) is 6.07 Å². The Kier molecular flexibility index (Phi) is 2.83. The quantitative estimate of drug-likeness (QED) is 0.839. The fourth-order valence-electron chi connectivity index (χ4n) is 2.54. The predicted octanol–water partition coefficient (Wildman–Crippen LogP) is 4.07. The first-order valence-electron chi connectivity index (χ1n) is 6.43. The highest BCUT2D eigenvalue weighted by molar-refractivity contribution is 9.10. The lowest BCUT2D eigenvalue weighted by molar-refractivity contribution is 0.826. The van der Waals surface area contributed by atoms with Gasteiger partial charge in [0, 0.05) is 9.86 Å². The number of rotatable bonds is 2. The molecule has 3 nitrogen and oxygen atoms in total. The number of hydrogen-bond donors (Lipinski definition) is 0. The van der Waals surface area contributed by atoms with Gasteiger partial charge in [-0.3, -0.25) is 0 Å². The summed E-state index contributed by atoms with van der Waals surface area (Å²) in [7, 11) is 0. The van der Waals surface area contributed by atoms with Crippen LogP contribution in [0.4, 0.5) is 0 Å². The van der Waals surface area contributed by atoms with E-state index < -0.39 is 0 Å². The number of benzene rings is 1. The molecule has 96 valence electrons. The Balaban J connectivity index is 2.36. The van der Waals surface area contributed by atoms with E-state index in [-0.39, 0.29) is 5.41 Å². The molecule has 0 aliphatic heterocycles. The Morgan fingerprint density at radius 2 is 2.05 bits per heavy atom. The molecule has 4 heteroatoms. The average Bonchev–Trinajstić information content (AvgIpc) is 3.17. The second kappa shape index (κ2) is 4.28. The van der Waals surface area contributed by atoms with Crippen molar-refractivity contribution in [1.29, 1.82) is 5.26 Å². The van der Waals surface area contributed by atoms with Crippen molar-refractivity contribution in [2.45, 2.75) is 38.0 Å². The topological polar surface area (TPSA) is 49.6 Å². The number of nitrogens with zero attached hydrogens (tertiary/aromatic N) is 3. The minimum Gasteiger partial charge on any atom is -0.240 e. The van der Waals surface area contributed by atoms with Gasteiger partial charge in [0.1, 0.15) is 6.33 Å². The zero-order valence-electron chi connectivity index (χ0n) is 10.9.